The van der Waals surface area contributed by atoms with Crippen molar-refractivity contribution in [1.82, 2.24) is 0 Å². The van der Waals surface area contributed by atoms with Gasteiger partial charge in [-0.25, -0.2) is 0 Å². The number of aliphatic hydroxyl groups excluding tert-OH is 1. The Kier molecular flexibility index (Phi) is 8.43. The molecular formula is C31H52O4. The zero-order valence-corrected chi connectivity index (χ0v) is 23.0. The average Bonchev–Trinajstić information content (AvgIpc) is 3.15. The Morgan fingerprint density at radius 3 is 2.37 bits per heavy atom. The Morgan fingerprint density at radius 1 is 0.943 bits per heavy atom. The Morgan fingerprint density at radius 2 is 1.66 bits per heavy atom. The molecule has 200 valence electrons. The molecule has 35 heavy (non-hydrogen) atoms. The summed E-state index contributed by atoms with van der Waals surface area (Å²) in [6, 6.07) is 0. The van der Waals surface area contributed by atoms with Gasteiger partial charge in [0.15, 0.2) is 6.29 Å². The third kappa shape index (κ3) is 5.54. The molecule has 0 aromatic rings. The van der Waals surface area contributed by atoms with Crippen molar-refractivity contribution in [2.75, 3.05) is 0 Å². The van der Waals surface area contributed by atoms with Gasteiger partial charge < -0.3 is 14.9 Å². The molecule has 4 heteroatoms. The molecule has 4 nitrogen and oxygen atoms in total. The van der Waals surface area contributed by atoms with Crippen LogP contribution in [-0.2, 0) is 9.53 Å². The van der Waals surface area contributed by atoms with Crippen molar-refractivity contribution < 1.29 is 19.7 Å². The predicted octanol–water partition coefficient (Wildman–Crippen LogP) is 6.89. The second-order valence-corrected chi connectivity index (χ2v) is 13.7. The molecule has 0 bridgehead atoms. The van der Waals surface area contributed by atoms with Gasteiger partial charge in [0.05, 0.1) is 6.42 Å². The van der Waals surface area contributed by atoms with Gasteiger partial charge >= 0.3 is 5.97 Å². The van der Waals surface area contributed by atoms with E-state index in [-0.39, 0.29) is 24.9 Å². The van der Waals surface area contributed by atoms with Gasteiger partial charge in [0.2, 0.25) is 0 Å². The molecule has 0 heterocycles. The molecule has 0 aromatic heterocycles. The van der Waals surface area contributed by atoms with Crippen LogP contribution in [0.25, 0.3) is 0 Å². The smallest absolute Gasteiger partial charge is 0.306 e. The summed E-state index contributed by atoms with van der Waals surface area (Å²) in [7, 11) is 0. The molecule has 9 unspecified atom stereocenters. The highest BCUT2D eigenvalue weighted by Gasteiger charge is 2.59. The number of rotatable bonds is 9. The number of allylic oxidation sites excluding steroid dienone is 2. The normalized spacial score (nSPS) is 41.4. The van der Waals surface area contributed by atoms with E-state index < -0.39 is 6.29 Å². The van der Waals surface area contributed by atoms with Gasteiger partial charge in [0.25, 0.3) is 0 Å². The van der Waals surface area contributed by atoms with Crippen LogP contribution in [0.2, 0.25) is 0 Å². The summed E-state index contributed by atoms with van der Waals surface area (Å²) in [5, 5.41) is 18.1. The fraction of sp³-hybridized carbons (Fsp3) is 0.903. The molecular weight excluding hydrogens is 436 g/mol. The molecule has 3 saturated carbocycles. The zero-order valence-electron chi connectivity index (χ0n) is 23.0. The van der Waals surface area contributed by atoms with Crippen LogP contribution in [0.15, 0.2) is 12.2 Å². The van der Waals surface area contributed by atoms with E-state index in [0.29, 0.717) is 22.7 Å². The molecule has 0 saturated heterocycles. The summed E-state index contributed by atoms with van der Waals surface area (Å²) in [6.07, 6.45) is 16.4. The van der Waals surface area contributed by atoms with Gasteiger partial charge in [-0.15, -0.1) is 0 Å². The molecule has 0 amide bonds. The lowest BCUT2D eigenvalue weighted by molar-refractivity contribution is -0.157. The summed E-state index contributed by atoms with van der Waals surface area (Å²) >= 11 is 0. The summed E-state index contributed by atoms with van der Waals surface area (Å²) in [6.45, 7) is 12.4. The minimum absolute atomic E-state index is 0.0333. The maximum absolute atomic E-state index is 12.2. The molecule has 4 aliphatic rings. The van der Waals surface area contributed by atoms with Gasteiger partial charge in [0.1, 0.15) is 6.10 Å². The first-order valence-corrected chi connectivity index (χ1v) is 14.8. The number of carbonyl (C=O) groups is 1. The number of esters is 1. The van der Waals surface area contributed by atoms with E-state index in [1.165, 1.54) is 44.9 Å². The number of ether oxygens (including phenoxy) is 1. The number of hydrogen-bond acceptors (Lipinski definition) is 4. The topological polar surface area (TPSA) is 66.8 Å². The summed E-state index contributed by atoms with van der Waals surface area (Å²) in [4.78, 5) is 12.2. The molecule has 0 aliphatic heterocycles. The Bertz CT molecular complexity index is 759. The Hall–Kier alpha value is -0.870. The van der Waals surface area contributed by atoms with Crippen LogP contribution in [0.3, 0.4) is 0 Å². The Labute approximate surface area is 214 Å². The van der Waals surface area contributed by atoms with Gasteiger partial charge in [-0.2, -0.15) is 0 Å². The first-order valence-electron chi connectivity index (χ1n) is 14.8. The minimum atomic E-state index is -1.44. The van der Waals surface area contributed by atoms with Crippen LogP contribution in [0, 0.1) is 52.3 Å². The molecule has 2 N–H and O–H groups in total. The van der Waals surface area contributed by atoms with Crippen molar-refractivity contribution in [2.24, 2.45) is 52.3 Å². The van der Waals surface area contributed by atoms with Crippen LogP contribution >= 0.6 is 0 Å². The van der Waals surface area contributed by atoms with E-state index in [1.807, 2.05) is 0 Å². The van der Waals surface area contributed by atoms with E-state index in [0.717, 1.165) is 48.9 Å². The quantitative estimate of drug-likeness (QED) is 0.211. The van der Waals surface area contributed by atoms with Crippen molar-refractivity contribution >= 4 is 5.97 Å². The highest BCUT2D eigenvalue weighted by Crippen LogP contribution is 2.67. The first kappa shape index (κ1) is 27.2. The second kappa shape index (κ2) is 10.9. The molecule has 0 aromatic carbocycles. The molecule has 4 rings (SSSR count). The number of carbonyl (C=O) groups excluding carboxylic acids is 1. The maximum Gasteiger partial charge on any atom is 0.306 e. The lowest BCUT2D eigenvalue weighted by atomic mass is 9.46. The first-order chi connectivity index (χ1) is 16.5. The molecule has 9 atom stereocenters. The van der Waals surface area contributed by atoms with Crippen molar-refractivity contribution in [2.45, 2.75) is 124 Å². The van der Waals surface area contributed by atoms with E-state index >= 15 is 0 Å². The van der Waals surface area contributed by atoms with Crippen molar-refractivity contribution in [3.8, 4) is 0 Å². The number of hydrogen-bond donors (Lipinski definition) is 2. The molecule has 3 fully saturated rings. The largest absolute Gasteiger partial charge is 0.462 e. The van der Waals surface area contributed by atoms with Crippen LogP contribution in [-0.4, -0.2) is 28.6 Å². The third-order valence-corrected chi connectivity index (χ3v) is 11.2. The van der Waals surface area contributed by atoms with E-state index in [2.05, 4.69) is 46.8 Å². The van der Waals surface area contributed by atoms with Gasteiger partial charge in [0, 0.05) is 6.42 Å². The van der Waals surface area contributed by atoms with Crippen LogP contribution in [0.4, 0.5) is 0 Å². The van der Waals surface area contributed by atoms with Crippen LogP contribution < -0.4 is 0 Å². The third-order valence-electron chi connectivity index (χ3n) is 11.2. The molecule has 4 aliphatic carbocycles. The zero-order chi connectivity index (χ0) is 25.4. The van der Waals surface area contributed by atoms with E-state index in [1.54, 1.807) is 0 Å². The molecule has 0 spiro atoms. The van der Waals surface area contributed by atoms with Crippen molar-refractivity contribution in [1.29, 1.82) is 0 Å². The molecule has 0 radical (unpaired) electrons. The predicted molar refractivity (Wildman–Crippen MR) is 140 cm³/mol. The van der Waals surface area contributed by atoms with Crippen LogP contribution in [0.5, 0.6) is 0 Å². The minimum Gasteiger partial charge on any atom is -0.462 e. The van der Waals surface area contributed by atoms with Crippen molar-refractivity contribution in [3.05, 3.63) is 12.2 Å². The fourth-order valence-corrected chi connectivity index (χ4v) is 9.20. The highest BCUT2D eigenvalue weighted by molar-refractivity contribution is 5.69. The lowest BCUT2D eigenvalue weighted by Crippen LogP contribution is -2.52. The highest BCUT2D eigenvalue weighted by atomic mass is 16.5. The second-order valence-electron chi connectivity index (χ2n) is 13.7. The summed E-state index contributed by atoms with van der Waals surface area (Å²) in [5.41, 5.74) is 0.807. The van der Waals surface area contributed by atoms with Gasteiger partial charge in [-0.3, -0.25) is 4.79 Å². The van der Waals surface area contributed by atoms with E-state index in [9.17, 15) is 4.79 Å². The number of aliphatic hydroxyl groups is 2. The Balaban J connectivity index is 1.40. The SMILES string of the molecule is CC(C)CCCC(C)C1CCC2C3C=CC4CC(OC(=O)CCC(O)O)CCC4(C)C3CCC12C. The lowest BCUT2D eigenvalue weighted by Gasteiger charge is -2.59. The van der Waals surface area contributed by atoms with Gasteiger partial charge in [-0.1, -0.05) is 66.0 Å². The summed E-state index contributed by atoms with van der Waals surface area (Å²) in [5.74, 6) is 5.03. The maximum atomic E-state index is 12.2. The average molecular weight is 489 g/mol. The number of fused-ring (bicyclic) bond motifs is 5. The standard InChI is InChI=1S/C31H52O4/c1-20(2)7-6-8-21(3)25-11-12-26-24-10-9-22-19-23(35-29(34)14-13-28(32)33)15-17-30(22,4)27(24)16-18-31(25,26)5/h9-10,20-28,32-33H,6-8,11-19H2,1-5H3. The van der Waals surface area contributed by atoms with Crippen LogP contribution in [0.1, 0.15) is 112 Å². The van der Waals surface area contributed by atoms with E-state index in [4.69, 9.17) is 14.9 Å². The summed E-state index contributed by atoms with van der Waals surface area (Å²) < 4.78 is 5.75. The van der Waals surface area contributed by atoms with Gasteiger partial charge in [-0.05, 0) is 97.2 Å². The monoisotopic (exact) mass is 488 g/mol. The fourth-order valence-electron chi connectivity index (χ4n) is 9.20. The van der Waals surface area contributed by atoms with Crippen molar-refractivity contribution in [3.63, 3.8) is 0 Å².